The second-order valence-electron chi connectivity index (χ2n) is 15.4. The Morgan fingerprint density at radius 3 is 1.27 bits per heavy atom. The van der Waals surface area contributed by atoms with Gasteiger partial charge in [0.1, 0.15) is 0 Å². The van der Waals surface area contributed by atoms with Crippen molar-refractivity contribution in [3.8, 4) is 45.3 Å². The molecule has 0 unspecified atom stereocenters. The number of rotatable bonds is 5. The molecule has 1 heterocycles. The van der Waals surface area contributed by atoms with E-state index >= 15 is 0 Å². The van der Waals surface area contributed by atoms with Gasteiger partial charge in [-0.3, -0.25) is 0 Å². The van der Waals surface area contributed by atoms with Gasteiger partial charge in [0.05, 0.1) is 5.41 Å². The maximum Gasteiger partial charge on any atom is 0.164 e. The van der Waals surface area contributed by atoms with Gasteiger partial charge in [-0.25, -0.2) is 15.0 Å². The molecule has 1 aliphatic carbocycles. The van der Waals surface area contributed by atoms with Crippen LogP contribution in [-0.2, 0) is 5.41 Å². The molecule has 274 valence electrons. The van der Waals surface area contributed by atoms with E-state index in [0.717, 1.165) is 27.6 Å². The molecule has 12 rings (SSSR count). The molecule has 3 nitrogen and oxygen atoms in total. The lowest BCUT2D eigenvalue weighted by Crippen LogP contribution is -2.29. The van der Waals surface area contributed by atoms with Crippen LogP contribution in [0.3, 0.4) is 0 Å². The molecular formula is C56H35N3. The molecule has 0 aliphatic heterocycles. The fourth-order valence-corrected chi connectivity index (χ4v) is 9.97. The monoisotopic (exact) mass is 749 g/mol. The van der Waals surface area contributed by atoms with Crippen LogP contribution in [0.4, 0.5) is 0 Å². The standard InChI is InChI=1S/C56H35N3/c1-3-19-36(20-4-1)53-57-54(46-31-15-18-34-51(46)56(37-21-5-2-6-22-37)49-32-16-13-27-42(49)43-28-14-17-33-50(43)56)59-55(58-53)48-35-47-40-25-8-7-23-38(40)39-24-9-11-29-44(39)52(47)45-30-12-10-26-41(45)48/h1-35H. The van der Waals surface area contributed by atoms with Crippen molar-refractivity contribution in [2.24, 2.45) is 0 Å². The molecular weight excluding hydrogens is 715 g/mol. The van der Waals surface area contributed by atoms with Crippen LogP contribution in [0.5, 0.6) is 0 Å². The van der Waals surface area contributed by atoms with Gasteiger partial charge in [0.25, 0.3) is 0 Å². The molecule has 0 amide bonds. The third-order valence-electron chi connectivity index (χ3n) is 12.4. The predicted molar refractivity (Wildman–Crippen MR) is 243 cm³/mol. The lowest BCUT2D eigenvalue weighted by molar-refractivity contribution is 0.769. The average Bonchev–Trinajstić information content (AvgIpc) is 3.62. The van der Waals surface area contributed by atoms with Crippen LogP contribution in [0.15, 0.2) is 212 Å². The Hall–Kier alpha value is -7.75. The van der Waals surface area contributed by atoms with Crippen LogP contribution in [0, 0.1) is 0 Å². The molecule has 0 fully saturated rings. The van der Waals surface area contributed by atoms with Crippen molar-refractivity contribution in [3.63, 3.8) is 0 Å². The minimum absolute atomic E-state index is 0.625. The summed E-state index contributed by atoms with van der Waals surface area (Å²) in [6, 6.07) is 76.2. The topological polar surface area (TPSA) is 38.7 Å². The van der Waals surface area contributed by atoms with Crippen LogP contribution in [-0.4, -0.2) is 15.0 Å². The van der Waals surface area contributed by atoms with Crippen LogP contribution in [0.1, 0.15) is 22.3 Å². The Morgan fingerprint density at radius 1 is 0.271 bits per heavy atom. The fraction of sp³-hybridized carbons (Fsp3) is 0.0179. The highest BCUT2D eigenvalue weighted by Gasteiger charge is 2.47. The van der Waals surface area contributed by atoms with Gasteiger partial charge in [0.2, 0.25) is 0 Å². The van der Waals surface area contributed by atoms with Gasteiger partial charge in [0.15, 0.2) is 17.5 Å². The minimum atomic E-state index is -0.625. The number of benzene rings is 10. The summed E-state index contributed by atoms with van der Waals surface area (Å²) >= 11 is 0. The molecule has 0 saturated carbocycles. The van der Waals surface area contributed by atoms with E-state index in [0.29, 0.717) is 17.5 Å². The summed E-state index contributed by atoms with van der Waals surface area (Å²) < 4.78 is 0. The van der Waals surface area contributed by atoms with E-state index in [1.54, 1.807) is 0 Å². The Morgan fingerprint density at radius 2 is 0.661 bits per heavy atom. The largest absolute Gasteiger partial charge is 0.208 e. The van der Waals surface area contributed by atoms with Gasteiger partial charge >= 0.3 is 0 Å². The highest BCUT2D eigenvalue weighted by molar-refractivity contribution is 6.32. The van der Waals surface area contributed by atoms with E-state index in [-0.39, 0.29) is 0 Å². The molecule has 0 saturated heterocycles. The lowest BCUT2D eigenvalue weighted by Gasteiger charge is -2.35. The smallest absolute Gasteiger partial charge is 0.164 e. The summed E-state index contributed by atoms with van der Waals surface area (Å²) in [6.07, 6.45) is 0. The van der Waals surface area contributed by atoms with E-state index in [2.05, 4.69) is 194 Å². The van der Waals surface area contributed by atoms with E-state index in [1.807, 2.05) is 18.2 Å². The molecule has 0 N–H and O–H groups in total. The lowest BCUT2D eigenvalue weighted by atomic mass is 9.66. The zero-order valence-electron chi connectivity index (χ0n) is 32.0. The van der Waals surface area contributed by atoms with Crippen LogP contribution >= 0.6 is 0 Å². The van der Waals surface area contributed by atoms with E-state index < -0.39 is 5.41 Å². The van der Waals surface area contributed by atoms with Gasteiger partial charge < -0.3 is 0 Å². The summed E-state index contributed by atoms with van der Waals surface area (Å²) in [5.74, 6) is 1.91. The van der Waals surface area contributed by atoms with Gasteiger partial charge in [-0.2, -0.15) is 0 Å². The molecule has 1 aromatic heterocycles. The first kappa shape index (κ1) is 33.4. The van der Waals surface area contributed by atoms with Crippen molar-refractivity contribution in [1.29, 1.82) is 0 Å². The van der Waals surface area contributed by atoms with Crippen LogP contribution in [0.2, 0.25) is 0 Å². The van der Waals surface area contributed by atoms with Gasteiger partial charge in [-0.05, 0) is 82.5 Å². The first-order valence-electron chi connectivity index (χ1n) is 20.2. The molecule has 0 atom stereocenters. The maximum atomic E-state index is 5.55. The molecule has 0 radical (unpaired) electrons. The number of nitrogens with zero attached hydrogens (tertiary/aromatic N) is 3. The highest BCUT2D eigenvalue weighted by atomic mass is 15.0. The van der Waals surface area contributed by atoms with E-state index in [1.165, 1.54) is 65.5 Å². The number of fused-ring (bicyclic) bond motifs is 11. The minimum Gasteiger partial charge on any atom is -0.208 e. The summed E-state index contributed by atoms with van der Waals surface area (Å²) in [4.78, 5) is 16.3. The molecule has 59 heavy (non-hydrogen) atoms. The molecule has 1 aliphatic rings. The zero-order valence-corrected chi connectivity index (χ0v) is 32.0. The van der Waals surface area contributed by atoms with Crippen molar-refractivity contribution in [2.75, 3.05) is 0 Å². The molecule has 10 aromatic carbocycles. The van der Waals surface area contributed by atoms with Gasteiger partial charge in [-0.15, -0.1) is 0 Å². The number of hydrogen-bond donors (Lipinski definition) is 0. The normalized spacial score (nSPS) is 12.9. The molecule has 3 heteroatoms. The predicted octanol–water partition coefficient (Wildman–Crippen LogP) is 13.8. The summed E-state index contributed by atoms with van der Waals surface area (Å²) in [5.41, 5.74) is 9.55. The fourth-order valence-electron chi connectivity index (χ4n) is 9.97. The van der Waals surface area contributed by atoms with Crippen molar-refractivity contribution >= 4 is 43.1 Å². The summed E-state index contributed by atoms with van der Waals surface area (Å²) in [5, 5.41) is 9.62. The first-order valence-corrected chi connectivity index (χ1v) is 20.2. The highest BCUT2D eigenvalue weighted by Crippen LogP contribution is 2.57. The van der Waals surface area contributed by atoms with Gasteiger partial charge in [0, 0.05) is 16.7 Å². The summed E-state index contributed by atoms with van der Waals surface area (Å²) in [6.45, 7) is 0. The number of aromatic nitrogens is 3. The van der Waals surface area contributed by atoms with Crippen molar-refractivity contribution in [2.45, 2.75) is 5.41 Å². The Kier molecular flexibility index (Phi) is 7.45. The van der Waals surface area contributed by atoms with Crippen molar-refractivity contribution in [3.05, 3.63) is 235 Å². The van der Waals surface area contributed by atoms with Gasteiger partial charge in [-0.1, -0.05) is 206 Å². The third-order valence-corrected chi connectivity index (χ3v) is 12.4. The molecule has 0 spiro atoms. The average molecular weight is 750 g/mol. The second-order valence-corrected chi connectivity index (χ2v) is 15.4. The number of hydrogen-bond acceptors (Lipinski definition) is 3. The quantitative estimate of drug-likeness (QED) is 0.165. The maximum absolute atomic E-state index is 5.55. The first-order chi connectivity index (χ1) is 29.3. The SMILES string of the molecule is c1ccc(-c2nc(-c3ccccc3C3(c4ccccc4)c4ccccc4-c4ccccc43)nc(-c3cc4c5ccccc5c5ccccc5c4c4ccccc34)n2)cc1. The summed E-state index contributed by atoms with van der Waals surface area (Å²) in [7, 11) is 0. The van der Waals surface area contributed by atoms with Crippen LogP contribution < -0.4 is 0 Å². The molecule has 0 bridgehead atoms. The Labute approximate surface area is 342 Å². The van der Waals surface area contributed by atoms with Crippen LogP contribution in [0.25, 0.3) is 88.4 Å². The van der Waals surface area contributed by atoms with E-state index in [4.69, 9.17) is 15.0 Å². The molecule has 11 aromatic rings. The van der Waals surface area contributed by atoms with E-state index in [9.17, 15) is 0 Å². The second kappa shape index (κ2) is 13.2. The third kappa shape index (κ3) is 4.92. The van der Waals surface area contributed by atoms with Crippen molar-refractivity contribution < 1.29 is 0 Å². The Bertz CT molecular complexity index is 3400. The zero-order chi connectivity index (χ0) is 38.9. The van der Waals surface area contributed by atoms with Crippen molar-refractivity contribution in [1.82, 2.24) is 15.0 Å². The Balaban J connectivity index is 1.19.